The Labute approximate surface area is 94.6 Å². The smallest absolute Gasteiger partial charge is 0.339 e. The van der Waals surface area contributed by atoms with Gasteiger partial charge in [-0.15, -0.1) is 0 Å². The van der Waals surface area contributed by atoms with Crippen LogP contribution in [0.5, 0.6) is 0 Å². The van der Waals surface area contributed by atoms with E-state index in [4.69, 9.17) is 4.74 Å². The molecule has 0 aromatic carbocycles. The van der Waals surface area contributed by atoms with Crippen molar-refractivity contribution in [1.82, 2.24) is 4.98 Å². The van der Waals surface area contributed by atoms with Gasteiger partial charge in [0.25, 0.3) is 0 Å². The highest BCUT2D eigenvalue weighted by molar-refractivity contribution is 5.88. The van der Waals surface area contributed by atoms with Crippen molar-refractivity contribution >= 4 is 5.97 Å². The minimum Gasteiger partial charge on any atom is -0.465 e. The van der Waals surface area contributed by atoms with Gasteiger partial charge >= 0.3 is 5.97 Å². The molecule has 0 saturated heterocycles. The van der Waals surface area contributed by atoms with Crippen LogP contribution in [0.25, 0.3) is 0 Å². The highest BCUT2D eigenvalue weighted by Gasteiger charge is 2.17. The molecule has 1 aromatic rings. The molecule has 4 nitrogen and oxygen atoms in total. The number of methoxy groups -OCH3 is 1. The zero-order chi connectivity index (χ0) is 11.4. The summed E-state index contributed by atoms with van der Waals surface area (Å²) in [6.45, 7) is 0.520. The first-order valence-electron chi connectivity index (χ1n) is 5.44. The predicted molar refractivity (Wildman–Crippen MR) is 58.0 cm³/mol. The van der Waals surface area contributed by atoms with Crippen LogP contribution in [0.4, 0.5) is 0 Å². The normalized spacial score (nSPS) is 15.6. The standard InChI is InChI=1S/C12H15NO3/c1-15-12(14)9-5-6-10(13-7-9)8-16-11-3-2-4-11/h5-7,11H,2-4,8H2,1H3. The summed E-state index contributed by atoms with van der Waals surface area (Å²) in [5.41, 5.74) is 1.31. The highest BCUT2D eigenvalue weighted by atomic mass is 16.5. The number of rotatable bonds is 4. The number of carbonyl (C=O) groups excluding carboxylic acids is 1. The third-order valence-electron chi connectivity index (χ3n) is 2.76. The molecule has 1 fully saturated rings. The molecule has 16 heavy (non-hydrogen) atoms. The number of ether oxygens (including phenoxy) is 2. The van der Waals surface area contributed by atoms with Gasteiger partial charge in [-0.05, 0) is 31.4 Å². The second kappa shape index (κ2) is 5.07. The number of pyridine rings is 1. The predicted octanol–water partition coefficient (Wildman–Crippen LogP) is 1.94. The van der Waals surface area contributed by atoms with Crippen LogP contribution in [0, 0.1) is 0 Å². The maximum Gasteiger partial charge on any atom is 0.339 e. The molecular weight excluding hydrogens is 206 g/mol. The van der Waals surface area contributed by atoms with Crippen LogP contribution in [0.15, 0.2) is 18.3 Å². The first-order valence-corrected chi connectivity index (χ1v) is 5.44. The third-order valence-corrected chi connectivity index (χ3v) is 2.76. The van der Waals surface area contributed by atoms with E-state index in [0.29, 0.717) is 18.3 Å². The Balaban J connectivity index is 1.88. The number of esters is 1. The molecule has 2 rings (SSSR count). The van der Waals surface area contributed by atoms with Gasteiger partial charge in [-0.1, -0.05) is 0 Å². The van der Waals surface area contributed by atoms with E-state index in [1.807, 2.05) is 0 Å². The summed E-state index contributed by atoms with van der Waals surface area (Å²) in [6, 6.07) is 3.50. The van der Waals surface area contributed by atoms with Crippen molar-refractivity contribution in [1.29, 1.82) is 0 Å². The zero-order valence-corrected chi connectivity index (χ0v) is 9.31. The van der Waals surface area contributed by atoms with Crippen molar-refractivity contribution in [2.24, 2.45) is 0 Å². The van der Waals surface area contributed by atoms with Crippen LogP contribution < -0.4 is 0 Å². The molecule has 0 amide bonds. The fraction of sp³-hybridized carbons (Fsp3) is 0.500. The number of carbonyl (C=O) groups is 1. The summed E-state index contributed by atoms with van der Waals surface area (Å²) < 4.78 is 10.2. The van der Waals surface area contributed by atoms with Crippen molar-refractivity contribution in [3.63, 3.8) is 0 Å². The van der Waals surface area contributed by atoms with Gasteiger partial charge in [0.2, 0.25) is 0 Å². The molecule has 1 aliphatic rings. The molecule has 1 aliphatic carbocycles. The van der Waals surface area contributed by atoms with Crippen LogP contribution in [-0.2, 0) is 16.1 Å². The molecule has 0 aliphatic heterocycles. The van der Waals surface area contributed by atoms with Crippen LogP contribution in [0.1, 0.15) is 35.3 Å². The molecular formula is C12H15NO3. The minimum atomic E-state index is -0.362. The van der Waals surface area contributed by atoms with Gasteiger partial charge < -0.3 is 9.47 Å². The monoisotopic (exact) mass is 221 g/mol. The second-order valence-corrected chi connectivity index (χ2v) is 3.89. The Morgan fingerprint density at radius 1 is 1.50 bits per heavy atom. The molecule has 0 radical (unpaired) electrons. The van der Waals surface area contributed by atoms with Crippen molar-refractivity contribution in [3.8, 4) is 0 Å². The van der Waals surface area contributed by atoms with Crippen molar-refractivity contribution in [2.45, 2.75) is 32.0 Å². The Morgan fingerprint density at radius 2 is 2.31 bits per heavy atom. The summed E-state index contributed by atoms with van der Waals surface area (Å²) in [6.07, 6.45) is 5.49. The van der Waals surface area contributed by atoms with E-state index in [9.17, 15) is 4.79 Å². The van der Waals surface area contributed by atoms with Crippen LogP contribution in [0.2, 0.25) is 0 Å². The first kappa shape index (κ1) is 11.1. The average molecular weight is 221 g/mol. The lowest BCUT2D eigenvalue weighted by Crippen LogP contribution is -2.21. The van der Waals surface area contributed by atoms with Gasteiger partial charge in [0.05, 0.1) is 31.1 Å². The highest BCUT2D eigenvalue weighted by Crippen LogP contribution is 2.22. The largest absolute Gasteiger partial charge is 0.465 e. The molecule has 1 aromatic heterocycles. The Morgan fingerprint density at radius 3 is 2.81 bits per heavy atom. The number of hydrogen-bond acceptors (Lipinski definition) is 4. The van der Waals surface area contributed by atoms with E-state index in [-0.39, 0.29) is 5.97 Å². The Bertz CT molecular complexity index is 357. The van der Waals surface area contributed by atoms with E-state index in [1.165, 1.54) is 19.7 Å². The molecule has 86 valence electrons. The number of hydrogen-bond donors (Lipinski definition) is 0. The van der Waals surface area contributed by atoms with E-state index >= 15 is 0 Å². The quantitative estimate of drug-likeness (QED) is 0.729. The van der Waals surface area contributed by atoms with Crippen LogP contribution >= 0.6 is 0 Å². The maximum atomic E-state index is 11.2. The molecule has 0 unspecified atom stereocenters. The lowest BCUT2D eigenvalue weighted by molar-refractivity contribution is -0.0101. The zero-order valence-electron chi connectivity index (χ0n) is 9.31. The van der Waals surface area contributed by atoms with Crippen LogP contribution in [0.3, 0.4) is 0 Å². The lowest BCUT2D eigenvalue weighted by atomic mass is 9.96. The van der Waals surface area contributed by atoms with Gasteiger partial charge in [0.15, 0.2) is 0 Å². The molecule has 0 atom stereocenters. The summed E-state index contributed by atoms with van der Waals surface area (Å²) in [5.74, 6) is -0.362. The molecule has 0 N–H and O–H groups in total. The number of nitrogens with zero attached hydrogens (tertiary/aromatic N) is 1. The fourth-order valence-corrected chi connectivity index (χ4v) is 1.49. The van der Waals surface area contributed by atoms with Gasteiger partial charge in [0.1, 0.15) is 0 Å². The fourth-order valence-electron chi connectivity index (χ4n) is 1.49. The minimum absolute atomic E-state index is 0.362. The molecule has 0 bridgehead atoms. The first-order chi connectivity index (χ1) is 7.79. The molecule has 1 heterocycles. The Kier molecular flexibility index (Phi) is 3.51. The van der Waals surface area contributed by atoms with Gasteiger partial charge in [-0.25, -0.2) is 4.79 Å². The topological polar surface area (TPSA) is 48.4 Å². The van der Waals surface area contributed by atoms with E-state index in [2.05, 4.69) is 9.72 Å². The Hall–Kier alpha value is -1.42. The summed E-state index contributed by atoms with van der Waals surface area (Å²) >= 11 is 0. The SMILES string of the molecule is COC(=O)c1ccc(COC2CCC2)nc1. The van der Waals surface area contributed by atoms with E-state index in [0.717, 1.165) is 18.5 Å². The van der Waals surface area contributed by atoms with Crippen molar-refractivity contribution in [3.05, 3.63) is 29.6 Å². The number of aromatic nitrogens is 1. The van der Waals surface area contributed by atoms with Crippen molar-refractivity contribution < 1.29 is 14.3 Å². The molecule has 1 saturated carbocycles. The van der Waals surface area contributed by atoms with Gasteiger partial charge in [0, 0.05) is 6.20 Å². The average Bonchev–Trinajstić information content (AvgIpc) is 2.27. The van der Waals surface area contributed by atoms with Crippen LogP contribution in [-0.4, -0.2) is 24.2 Å². The molecule has 0 spiro atoms. The van der Waals surface area contributed by atoms with Crippen molar-refractivity contribution in [2.75, 3.05) is 7.11 Å². The van der Waals surface area contributed by atoms with Gasteiger partial charge in [-0.3, -0.25) is 4.98 Å². The summed E-state index contributed by atoms with van der Waals surface area (Å²) in [5, 5.41) is 0. The van der Waals surface area contributed by atoms with E-state index < -0.39 is 0 Å². The maximum absolute atomic E-state index is 11.2. The summed E-state index contributed by atoms with van der Waals surface area (Å²) in [7, 11) is 1.36. The lowest BCUT2D eigenvalue weighted by Gasteiger charge is -2.25. The second-order valence-electron chi connectivity index (χ2n) is 3.89. The molecule has 4 heteroatoms. The third kappa shape index (κ3) is 2.58. The summed E-state index contributed by atoms with van der Waals surface area (Å²) in [4.78, 5) is 15.3. The van der Waals surface area contributed by atoms with E-state index in [1.54, 1.807) is 12.1 Å². The van der Waals surface area contributed by atoms with Gasteiger partial charge in [-0.2, -0.15) is 0 Å².